The Morgan fingerprint density at radius 2 is 1.89 bits per heavy atom. The molecule has 19 heavy (non-hydrogen) atoms. The highest BCUT2D eigenvalue weighted by atomic mass is 16.5. The monoisotopic (exact) mass is 266 g/mol. The van der Waals surface area contributed by atoms with Crippen LogP contribution in [0.5, 0.6) is 0 Å². The highest BCUT2D eigenvalue weighted by Gasteiger charge is 2.00. The number of rotatable bonds is 7. The van der Waals surface area contributed by atoms with Gasteiger partial charge in [-0.3, -0.25) is 0 Å². The van der Waals surface area contributed by atoms with Crippen LogP contribution < -0.4 is 10.6 Å². The lowest BCUT2D eigenvalue weighted by molar-refractivity contribution is -0.142. The standard InChI is InChI=1S/C13H18N2O4/c1-10-2-4-11(5-3-10)8-15-13(18)14-6-7-19-9-12(16)17/h2-5H,6-9H2,1H3,(H,16,17)(H2,14,15,18). The molecular weight excluding hydrogens is 248 g/mol. The molecule has 6 nitrogen and oxygen atoms in total. The number of hydrogen-bond acceptors (Lipinski definition) is 3. The number of benzene rings is 1. The number of ether oxygens (including phenoxy) is 1. The second-order valence-corrected chi connectivity index (χ2v) is 4.04. The molecule has 0 unspecified atom stereocenters. The van der Waals surface area contributed by atoms with Crippen molar-refractivity contribution in [2.45, 2.75) is 13.5 Å². The third-order valence-electron chi connectivity index (χ3n) is 2.33. The SMILES string of the molecule is Cc1ccc(CNC(=O)NCCOCC(=O)O)cc1. The molecule has 1 aromatic carbocycles. The molecule has 0 radical (unpaired) electrons. The quantitative estimate of drug-likeness (QED) is 0.640. The molecule has 104 valence electrons. The minimum Gasteiger partial charge on any atom is -0.480 e. The van der Waals surface area contributed by atoms with E-state index in [4.69, 9.17) is 9.84 Å². The third-order valence-corrected chi connectivity index (χ3v) is 2.33. The molecule has 0 atom stereocenters. The van der Waals surface area contributed by atoms with Crippen molar-refractivity contribution in [1.82, 2.24) is 10.6 Å². The predicted octanol–water partition coefficient (Wildman–Crippen LogP) is 0.895. The molecule has 0 aromatic heterocycles. The van der Waals surface area contributed by atoms with E-state index in [9.17, 15) is 9.59 Å². The highest BCUT2D eigenvalue weighted by molar-refractivity contribution is 5.73. The summed E-state index contributed by atoms with van der Waals surface area (Å²) < 4.78 is 4.78. The van der Waals surface area contributed by atoms with Crippen LogP contribution in [-0.4, -0.2) is 36.9 Å². The van der Waals surface area contributed by atoms with E-state index in [0.29, 0.717) is 6.54 Å². The number of carboxylic acid groups (broad SMARTS) is 1. The first kappa shape index (κ1) is 15.0. The molecular formula is C13H18N2O4. The van der Waals surface area contributed by atoms with Gasteiger partial charge >= 0.3 is 12.0 Å². The van der Waals surface area contributed by atoms with E-state index in [1.165, 1.54) is 5.56 Å². The Kier molecular flexibility index (Phi) is 6.38. The van der Waals surface area contributed by atoms with Crippen molar-refractivity contribution in [3.63, 3.8) is 0 Å². The summed E-state index contributed by atoms with van der Waals surface area (Å²) in [6.07, 6.45) is 0. The summed E-state index contributed by atoms with van der Waals surface area (Å²) >= 11 is 0. The molecule has 0 heterocycles. The Balaban J connectivity index is 2.11. The minimum atomic E-state index is -1.02. The van der Waals surface area contributed by atoms with E-state index in [1.54, 1.807) is 0 Å². The van der Waals surface area contributed by atoms with Crippen LogP contribution in [-0.2, 0) is 16.1 Å². The molecule has 0 fully saturated rings. The van der Waals surface area contributed by atoms with Crippen LogP contribution in [0.2, 0.25) is 0 Å². The van der Waals surface area contributed by atoms with Gasteiger partial charge in [-0.05, 0) is 12.5 Å². The zero-order valence-corrected chi connectivity index (χ0v) is 10.8. The van der Waals surface area contributed by atoms with Crippen LogP contribution in [0.15, 0.2) is 24.3 Å². The van der Waals surface area contributed by atoms with Gasteiger partial charge in [0.25, 0.3) is 0 Å². The molecule has 0 aliphatic heterocycles. The molecule has 0 saturated heterocycles. The Hall–Kier alpha value is -2.08. The van der Waals surface area contributed by atoms with Gasteiger partial charge in [0.2, 0.25) is 0 Å². The van der Waals surface area contributed by atoms with Crippen molar-refractivity contribution in [3.8, 4) is 0 Å². The van der Waals surface area contributed by atoms with Gasteiger partial charge in [0, 0.05) is 13.1 Å². The first-order valence-electron chi connectivity index (χ1n) is 5.94. The smallest absolute Gasteiger partial charge is 0.329 e. The van der Waals surface area contributed by atoms with E-state index in [0.717, 1.165) is 5.56 Å². The summed E-state index contributed by atoms with van der Waals surface area (Å²) in [7, 11) is 0. The fraction of sp³-hybridized carbons (Fsp3) is 0.385. The molecule has 0 spiro atoms. The first-order valence-corrected chi connectivity index (χ1v) is 5.94. The van der Waals surface area contributed by atoms with Gasteiger partial charge in [-0.1, -0.05) is 29.8 Å². The maximum Gasteiger partial charge on any atom is 0.329 e. The Bertz CT molecular complexity index is 417. The van der Waals surface area contributed by atoms with E-state index < -0.39 is 5.97 Å². The summed E-state index contributed by atoms with van der Waals surface area (Å²) in [5.74, 6) is -1.02. The van der Waals surface area contributed by atoms with Crippen molar-refractivity contribution >= 4 is 12.0 Å². The first-order chi connectivity index (χ1) is 9.08. The van der Waals surface area contributed by atoms with Gasteiger partial charge in [0.05, 0.1) is 6.61 Å². The van der Waals surface area contributed by atoms with Gasteiger partial charge in [0.1, 0.15) is 6.61 Å². The van der Waals surface area contributed by atoms with Crippen molar-refractivity contribution in [2.24, 2.45) is 0 Å². The number of amides is 2. The van der Waals surface area contributed by atoms with Crippen LogP contribution in [0.25, 0.3) is 0 Å². The molecule has 0 aliphatic rings. The van der Waals surface area contributed by atoms with Crippen LogP contribution >= 0.6 is 0 Å². The Morgan fingerprint density at radius 3 is 2.53 bits per heavy atom. The molecule has 0 saturated carbocycles. The lowest BCUT2D eigenvalue weighted by Gasteiger charge is -2.07. The van der Waals surface area contributed by atoms with Gasteiger partial charge < -0.3 is 20.5 Å². The van der Waals surface area contributed by atoms with Gasteiger partial charge in [-0.25, -0.2) is 9.59 Å². The molecule has 1 aromatic rings. The van der Waals surface area contributed by atoms with Crippen LogP contribution in [0.3, 0.4) is 0 Å². The topological polar surface area (TPSA) is 87.7 Å². The average Bonchev–Trinajstić information content (AvgIpc) is 2.37. The van der Waals surface area contributed by atoms with Crippen molar-refractivity contribution in [1.29, 1.82) is 0 Å². The number of aliphatic carboxylic acids is 1. The second-order valence-electron chi connectivity index (χ2n) is 4.04. The van der Waals surface area contributed by atoms with E-state index in [1.807, 2.05) is 31.2 Å². The molecule has 2 amide bonds. The summed E-state index contributed by atoms with van der Waals surface area (Å²) in [6, 6.07) is 7.56. The van der Waals surface area contributed by atoms with Crippen molar-refractivity contribution in [3.05, 3.63) is 35.4 Å². The number of carbonyl (C=O) groups excluding carboxylic acids is 1. The fourth-order valence-electron chi connectivity index (χ4n) is 1.35. The number of urea groups is 1. The third kappa shape index (κ3) is 7.05. The molecule has 1 rings (SSSR count). The minimum absolute atomic E-state index is 0.171. The number of hydrogen-bond donors (Lipinski definition) is 3. The highest BCUT2D eigenvalue weighted by Crippen LogP contribution is 2.02. The van der Waals surface area contributed by atoms with E-state index >= 15 is 0 Å². The molecule has 0 bridgehead atoms. The number of aryl methyl sites for hydroxylation is 1. The molecule has 6 heteroatoms. The maximum atomic E-state index is 11.4. The van der Waals surface area contributed by atoms with E-state index in [2.05, 4.69) is 10.6 Å². The van der Waals surface area contributed by atoms with Crippen LogP contribution in [0.1, 0.15) is 11.1 Å². The summed E-state index contributed by atoms with van der Waals surface area (Å²) in [6.45, 7) is 2.53. The average molecular weight is 266 g/mol. The van der Waals surface area contributed by atoms with Crippen molar-refractivity contribution in [2.75, 3.05) is 19.8 Å². The lowest BCUT2D eigenvalue weighted by atomic mass is 10.1. The number of nitrogens with one attached hydrogen (secondary N) is 2. The summed E-state index contributed by atoms with van der Waals surface area (Å²) in [5.41, 5.74) is 2.19. The van der Waals surface area contributed by atoms with E-state index in [-0.39, 0.29) is 25.8 Å². The van der Waals surface area contributed by atoms with Crippen molar-refractivity contribution < 1.29 is 19.4 Å². The van der Waals surface area contributed by atoms with Crippen LogP contribution in [0, 0.1) is 6.92 Å². The summed E-state index contributed by atoms with van der Waals surface area (Å²) in [4.78, 5) is 21.5. The molecule has 3 N–H and O–H groups in total. The van der Waals surface area contributed by atoms with Crippen LogP contribution in [0.4, 0.5) is 4.79 Å². The second kappa shape index (κ2) is 8.10. The summed E-state index contributed by atoms with van der Waals surface area (Å²) in [5, 5.41) is 13.6. The van der Waals surface area contributed by atoms with Gasteiger partial charge in [0.15, 0.2) is 0 Å². The van der Waals surface area contributed by atoms with Gasteiger partial charge in [-0.2, -0.15) is 0 Å². The zero-order chi connectivity index (χ0) is 14.1. The predicted molar refractivity (Wildman–Crippen MR) is 69.9 cm³/mol. The fourth-order valence-corrected chi connectivity index (χ4v) is 1.35. The normalized spacial score (nSPS) is 9.95. The maximum absolute atomic E-state index is 11.4. The number of carboxylic acids is 1. The van der Waals surface area contributed by atoms with Gasteiger partial charge in [-0.15, -0.1) is 0 Å². The lowest BCUT2D eigenvalue weighted by Crippen LogP contribution is -2.37. The zero-order valence-electron chi connectivity index (χ0n) is 10.8. The Morgan fingerprint density at radius 1 is 1.21 bits per heavy atom. The largest absolute Gasteiger partial charge is 0.480 e. The molecule has 0 aliphatic carbocycles. The Labute approximate surface area is 111 Å². The number of carbonyl (C=O) groups is 2.